The number of fused-ring (bicyclic) bond motifs is 1. The van der Waals surface area contributed by atoms with Crippen molar-refractivity contribution in [3.8, 4) is 0 Å². The van der Waals surface area contributed by atoms with Crippen LogP contribution in [0.2, 0.25) is 0 Å². The third-order valence-electron chi connectivity index (χ3n) is 3.26. The Hall–Kier alpha value is -1.30. The molecule has 1 unspecified atom stereocenters. The van der Waals surface area contributed by atoms with Crippen LogP contribution in [0.15, 0.2) is 51.8 Å². The van der Waals surface area contributed by atoms with E-state index in [4.69, 9.17) is 10.7 Å². The molecule has 0 amide bonds. The first-order chi connectivity index (χ1) is 9.78. The second-order valence-corrected chi connectivity index (χ2v) is 6.64. The summed E-state index contributed by atoms with van der Waals surface area (Å²) in [6.45, 7) is 2.13. The molecule has 3 rings (SSSR count). The second-order valence-electron chi connectivity index (χ2n) is 4.71. The summed E-state index contributed by atoms with van der Waals surface area (Å²) in [7, 11) is 0. The van der Waals surface area contributed by atoms with Crippen LogP contribution in [0.25, 0.3) is 4.96 Å². The number of nitrogens with zero attached hydrogens (tertiary/aromatic N) is 2. The lowest BCUT2D eigenvalue weighted by Crippen LogP contribution is -2.22. The van der Waals surface area contributed by atoms with Crippen LogP contribution in [0.5, 0.6) is 0 Å². The molecule has 20 heavy (non-hydrogen) atoms. The highest BCUT2D eigenvalue weighted by molar-refractivity contribution is 7.99. The fourth-order valence-corrected chi connectivity index (χ4v) is 3.81. The Labute approximate surface area is 126 Å². The van der Waals surface area contributed by atoms with E-state index in [1.807, 2.05) is 6.07 Å². The molecule has 0 aliphatic rings. The van der Waals surface area contributed by atoms with Gasteiger partial charge in [0.2, 0.25) is 0 Å². The van der Waals surface area contributed by atoms with Crippen molar-refractivity contribution < 1.29 is 0 Å². The molecule has 1 aromatic carbocycles. The maximum absolute atomic E-state index is 6.14. The van der Waals surface area contributed by atoms with Crippen molar-refractivity contribution in [2.75, 3.05) is 0 Å². The number of hydrogen-bond acceptors (Lipinski definition) is 4. The minimum atomic E-state index is 0.185. The van der Waals surface area contributed by atoms with Crippen molar-refractivity contribution >= 4 is 28.1 Å². The first-order valence-electron chi connectivity index (χ1n) is 6.71. The van der Waals surface area contributed by atoms with Gasteiger partial charge < -0.3 is 5.73 Å². The van der Waals surface area contributed by atoms with Gasteiger partial charge in [0.1, 0.15) is 5.03 Å². The summed E-state index contributed by atoms with van der Waals surface area (Å²) < 4.78 is 2.17. The molecular weight excluding hydrogens is 286 g/mol. The van der Waals surface area contributed by atoms with Crippen molar-refractivity contribution in [1.29, 1.82) is 0 Å². The number of benzene rings is 1. The van der Waals surface area contributed by atoms with Crippen LogP contribution in [0.4, 0.5) is 0 Å². The number of hydrogen-bond donors (Lipinski definition) is 1. The van der Waals surface area contributed by atoms with Gasteiger partial charge in [-0.2, -0.15) is 0 Å². The zero-order chi connectivity index (χ0) is 13.9. The summed E-state index contributed by atoms with van der Waals surface area (Å²) in [4.78, 5) is 7.00. The van der Waals surface area contributed by atoms with E-state index in [2.05, 4.69) is 47.2 Å². The van der Waals surface area contributed by atoms with Gasteiger partial charge in [-0.15, -0.1) is 11.3 Å². The van der Waals surface area contributed by atoms with E-state index >= 15 is 0 Å². The molecule has 0 saturated heterocycles. The molecular formula is C15H17N3S2. The molecule has 104 valence electrons. The molecule has 0 bridgehead atoms. The Balaban J connectivity index is 1.96. The molecule has 0 saturated carbocycles. The number of rotatable bonds is 5. The van der Waals surface area contributed by atoms with Gasteiger partial charge in [-0.3, -0.25) is 4.40 Å². The monoisotopic (exact) mass is 303 g/mol. The number of nitrogens with two attached hydrogens (primary N) is 1. The van der Waals surface area contributed by atoms with Crippen LogP contribution in [0.3, 0.4) is 0 Å². The summed E-state index contributed by atoms with van der Waals surface area (Å²) >= 11 is 3.38. The van der Waals surface area contributed by atoms with E-state index in [0.29, 0.717) is 0 Å². The summed E-state index contributed by atoms with van der Waals surface area (Å²) in [6, 6.07) is 10.5. The third kappa shape index (κ3) is 2.75. The lowest BCUT2D eigenvalue weighted by Gasteiger charge is -2.09. The minimum Gasteiger partial charge on any atom is -0.327 e. The number of thiazole rings is 1. The molecule has 5 heteroatoms. The summed E-state index contributed by atoms with van der Waals surface area (Å²) in [5.74, 6) is 0. The topological polar surface area (TPSA) is 43.3 Å². The normalized spacial score (nSPS) is 12.9. The Morgan fingerprint density at radius 1 is 1.35 bits per heavy atom. The van der Waals surface area contributed by atoms with Gasteiger partial charge in [-0.1, -0.05) is 36.9 Å². The van der Waals surface area contributed by atoms with E-state index < -0.39 is 0 Å². The zero-order valence-corrected chi connectivity index (χ0v) is 13.0. The molecule has 3 aromatic rings. The largest absolute Gasteiger partial charge is 0.327 e. The summed E-state index contributed by atoms with van der Waals surface area (Å²) in [5.41, 5.74) is 7.37. The molecule has 0 aliphatic carbocycles. The number of aromatic nitrogens is 2. The Morgan fingerprint density at radius 2 is 2.15 bits per heavy atom. The van der Waals surface area contributed by atoms with Crippen LogP contribution < -0.4 is 5.73 Å². The fourth-order valence-electron chi connectivity index (χ4n) is 2.07. The van der Waals surface area contributed by atoms with Crippen LogP contribution >= 0.6 is 23.1 Å². The Bertz CT molecular complexity index is 688. The Morgan fingerprint density at radius 3 is 2.90 bits per heavy atom. The smallest absolute Gasteiger partial charge is 0.194 e. The van der Waals surface area contributed by atoms with Crippen molar-refractivity contribution in [2.45, 2.75) is 35.7 Å². The van der Waals surface area contributed by atoms with Crippen LogP contribution in [0.1, 0.15) is 19.0 Å². The fraction of sp³-hybridized carbons (Fsp3) is 0.267. The lowest BCUT2D eigenvalue weighted by atomic mass is 10.1. The predicted octanol–water partition coefficient (Wildman–Crippen LogP) is 3.83. The third-order valence-corrected chi connectivity index (χ3v) is 5.05. The average Bonchev–Trinajstić information content (AvgIpc) is 3.03. The van der Waals surface area contributed by atoms with Crippen molar-refractivity contribution in [3.05, 3.63) is 47.6 Å². The standard InChI is InChI=1S/C15H17N3S2/c1-2-11(16)10-13-14(17-15-18(13)8-9-19-15)20-12-6-4-3-5-7-12/h3-9,11H,2,10,16H2,1H3. The van der Waals surface area contributed by atoms with Crippen LogP contribution in [-0.2, 0) is 6.42 Å². The van der Waals surface area contributed by atoms with E-state index in [9.17, 15) is 0 Å². The first-order valence-corrected chi connectivity index (χ1v) is 8.40. The van der Waals surface area contributed by atoms with Gasteiger partial charge in [0, 0.05) is 28.9 Å². The highest BCUT2D eigenvalue weighted by atomic mass is 32.2. The Kier molecular flexibility index (Phi) is 4.10. The maximum atomic E-state index is 6.14. The average molecular weight is 303 g/mol. The van der Waals surface area contributed by atoms with Gasteiger partial charge in [0.05, 0.1) is 5.69 Å². The predicted molar refractivity (Wildman–Crippen MR) is 85.6 cm³/mol. The molecule has 2 heterocycles. The quantitative estimate of drug-likeness (QED) is 0.779. The molecule has 2 N–H and O–H groups in total. The molecule has 0 spiro atoms. The SMILES string of the molecule is CCC(N)Cc1c(Sc2ccccc2)nc2sccn12. The maximum Gasteiger partial charge on any atom is 0.194 e. The zero-order valence-electron chi connectivity index (χ0n) is 11.3. The minimum absolute atomic E-state index is 0.185. The van der Waals surface area contributed by atoms with Gasteiger partial charge in [-0.25, -0.2) is 4.98 Å². The highest BCUT2D eigenvalue weighted by Gasteiger charge is 2.16. The van der Waals surface area contributed by atoms with E-state index in [-0.39, 0.29) is 6.04 Å². The van der Waals surface area contributed by atoms with Crippen molar-refractivity contribution in [3.63, 3.8) is 0 Å². The van der Waals surface area contributed by atoms with Gasteiger partial charge >= 0.3 is 0 Å². The highest BCUT2D eigenvalue weighted by Crippen LogP contribution is 2.32. The van der Waals surface area contributed by atoms with Gasteiger partial charge in [0.15, 0.2) is 4.96 Å². The molecule has 0 radical (unpaired) electrons. The molecule has 0 fully saturated rings. The van der Waals surface area contributed by atoms with E-state index in [0.717, 1.165) is 22.8 Å². The summed E-state index contributed by atoms with van der Waals surface area (Å²) in [5, 5.41) is 3.15. The first kappa shape index (κ1) is 13.7. The van der Waals surface area contributed by atoms with Gasteiger partial charge in [0.25, 0.3) is 0 Å². The van der Waals surface area contributed by atoms with Crippen LogP contribution in [0, 0.1) is 0 Å². The molecule has 3 nitrogen and oxygen atoms in total. The van der Waals surface area contributed by atoms with Crippen molar-refractivity contribution in [1.82, 2.24) is 9.38 Å². The second kappa shape index (κ2) is 5.99. The number of imidazole rings is 1. The van der Waals surface area contributed by atoms with Crippen LogP contribution in [-0.4, -0.2) is 15.4 Å². The van der Waals surface area contributed by atoms with E-state index in [1.165, 1.54) is 10.6 Å². The lowest BCUT2D eigenvalue weighted by molar-refractivity contribution is 0.627. The molecule has 2 aromatic heterocycles. The van der Waals surface area contributed by atoms with Gasteiger partial charge in [-0.05, 0) is 18.6 Å². The molecule has 0 aliphatic heterocycles. The van der Waals surface area contributed by atoms with E-state index in [1.54, 1.807) is 23.1 Å². The molecule has 1 atom stereocenters. The summed E-state index contributed by atoms with van der Waals surface area (Å²) in [6.07, 6.45) is 3.93. The van der Waals surface area contributed by atoms with Crippen molar-refractivity contribution in [2.24, 2.45) is 5.73 Å².